The highest BCUT2D eigenvalue weighted by molar-refractivity contribution is 5.67. The Morgan fingerprint density at radius 2 is 1.44 bits per heavy atom. The number of likely N-dealkylation sites (N-methyl/N-ethyl adjacent to an activating group) is 1. The van der Waals surface area contributed by atoms with E-state index in [-0.39, 0.29) is 25.4 Å². The van der Waals surface area contributed by atoms with Crippen molar-refractivity contribution in [2.24, 2.45) is 0 Å². The van der Waals surface area contributed by atoms with E-state index in [1.54, 1.807) is 0 Å². The van der Waals surface area contributed by atoms with Crippen LogP contribution in [0.5, 0.6) is 0 Å². The van der Waals surface area contributed by atoms with Crippen LogP contribution in [0.15, 0.2) is 0 Å². The van der Waals surface area contributed by atoms with Gasteiger partial charge in [0.05, 0.1) is 13.2 Å². The number of amides is 1. The van der Waals surface area contributed by atoms with E-state index in [9.17, 15) is 4.79 Å². The number of hydrogen-bond acceptors (Lipinski definition) is 6. The fourth-order valence-electron chi connectivity index (χ4n) is 2.70. The van der Waals surface area contributed by atoms with Gasteiger partial charge >= 0.3 is 6.09 Å². The zero-order valence-corrected chi connectivity index (χ0v) is 17.5. The van der Waals surface area contributed by atoms with Crippen LogP contribution in [0.1, 0.15) is 64.2 Å². The molecule has 0 aromatic carbocycles. The standard InChI is InChI=1S/C20H42N2O5/c1-22(2)14-18-26-17-13-21-20(25)27-19(11-7-3-5-9-15-23)12-8-4-6-10-16-24/h19,23-24H,3-18H2,1-2H3,(H,21,25). The molecule has 0 rings (SSSR count). The number of alkyl carbamates (subject to hydrolysis) is 1. The summed E-state index contributed by atoms with van der Waals surface area (Å²) in [5.41, 5.74) is 0. The first-order valence-corrected chi connectivity index (χ1v) is 10.5. The summed E-state index contributed by atoms with van der Waals surface area (Å²) < 4.78 is 11.0. The minimum Gasteiger partial charge on any atom is -0.446 e. The summed E-state index contributed by atoms with van der Waals surface area (Å²) >= 11 is 0. The zero-order chi connectivity index (χ0) is 20.2. The van der Waals surface area contributed by atoms with Crippen molar-refractivity contribution in [3.8, 4) is 0 Å². The molecule has 0 unspecified atom stereocenters. The van der Waals surface area contributed by atoms with Crippen molar-refractivity contribution in [2.45, 2.75) is 70.3 Å². The lowest BCUT2D eigenvalue weighted by Crippen LogP contribution is -2.32. The van der Waals surface area contributed by atoms with Gasteiger partial charge in [0.15, 0.2) is 0 Å². The van der Waals surface area contributed by atoms with Gasteiger partial charge in [-0.05, 0) is 52.6 Å². The van der Waals surface area contributed by atoms with Crippen molar-refractivity contribution in [3.05, 3.63) is 0 Å². The molecule has 0 bridgehead atoms. The molecule has 0 aliphatic rings. The first kappa shape index (κ1) is 26.1. The number of aliphatic hydroxyl groups excluding tert-OH is 2. The van der Waals surface area contributed by atoms with Gasteiger partial charge in [0.25, 0.3) is 0 Å². The molecule has 0 saturated heterocycles. The van der Waals surface area contributed by atoms with E-state index in [0.29, 0.717) is 19.8 Å². The predicted octanol–water partition coefficient (Wildman–Crippen LogP) is 2.55. The van der Waals surface area contributed by atoms with Crippen molar-refractivity contribution in [2.75, 3.05) is 53.6 Å². The third-order valence-electron chi connectivity index (χ3n) is 4.34. The normalized spacial score (nSPS) is 11.3. The molecule has 0 aromatic rings. The molecule has 3 N–H and O–H groups in total. The quantitative estimate of drug-likeness (QED) is 0.294. The fourth-order valence-corrected chi connectivity index (χ4v) is 2.70. The largest absolute Gasteiger partial charge is 0.446 e. The molecule has 0 fully saturated rings. The maximum Gasteiger partial charge on any atom is 0.407 e. The molecule has 0 spiro atoms. The number of carbonyl (C=O) groups excluding carboxylic acids is 1. The minimum atomic E-state index is -0.373. The van der Waals surface area contributed by atoms with E-state index in [4.69, 9.17) is 19.7 Å². The molecule has 0 atom stereocenters. The van der Waals surface area contributed by atoms with Crippen LogP contribution in [-0.4, -0.2) is 80.9 Å². The average Bonchev–Trinajstić information content (AvgIpc) is 2.63. The Hall–Kier alpha value is -0.890. The highest BCUT2D eigenvalue weighted by Crippen LogP contribution is 2.15. The van der Waals surface area contributed by atoms with E-state index in [0.717, 1.165) is 70.8 Å². The van der Waals surface area contributed by atoms with Gasteiger partial charge in [-0.1, -0.05) is 25.7 Å². The summed E-state index contributed by atoms with van der Waals surface area (Å²) in [6.45, 7) is 2.92. The topological polar surface area (TPSA) is 91.3 Å². The summed E-state index contributed by atoms with van der Waals surface area (Å²) in [5.74, 6) is 0. The van der Waals surface area contributed by atoms with Crippen LogP contribution in [-0.2, 0) is 9.47 Å². The molecule has 0 saturated carbocycles. The second-order valence-corrected chi connectivity index (χ2v) is 7.22. The lowest BCUT2D eigenvalue weighted by molar-refractivity contribution is 0.0778. The third kappa shape index (κ3) is 19.7. The maximum absolute atomic E-state index is 12.0. The number of nitrogens with one attached hydrogen (secondary N) is 1. The van der Waals surface area contributed by atoms with Crippen molar-refractivity contribution >= 4 is 6.09 Å². The average molecular weight is 391 g/mol. The minimum absolute atomic E-state index is 0.0667. The molecular weight excluding hydrogens is 348 g/mol. The summed E-state index contributed by atoms with van der Waals surface area (Å²) in [6, 6.07) is 0. The maximum atomic E-state index is 12.0. The molecule has 0 aliphatic heterocycles. The Morgan fingerprint density at radius 3 is 1.96 bits per heavy atom. The van der Waals surface area contributed by atoms with E-state index in [2.05, 4.69) is 5.32 Å². The molecule has 0 aliphatic carbocycles. The van der Waals surface area contributed by atoms with Crippen LogP contribution in [0.25, 0.3) is 0 Å². The highest BCUT2D eigenvalue weighted by Gasteiger charge is 2.14. The Kier molecular flexibility index (Phi) is 19.2. The van der Waals surface area contributed by atoms with E-state index >= 15 is 0 Å². The van der Waals surface area contributed by atoms with Crippen LogP contribution < -0.4 is 5.32 Å². The van der Waals surface area contributed by atoms with Crippen LogP contribution in [0.4, 0.5) is 4.79 Å². The lowest BCUT2D eigenvalue weighted by Gasteiger charge is -2.18. The first-order valence-electron chi connectivity index (χ1n) is 10.5. The second-order valence-electron chi connectivity index (χ2n) is 7.22. The van der Waals surface area contributed by atoms with Crippen molar-refractivity contribution in [1.29, 1.82) is 0 Å². The molecule has 0 heterocycles. The van der Waals surface area contributed by atoms with Crippen LogP contribution in [0.2, 0.25) is 0 Å². The van der Waals surface area contributed by atoms with Gasteiger partial charge in [-0.3, -0.25) is 0 Å². The van der Waals surface area contributed by atoms with Gasteiger partial charge in [0.2, 0.25) is 0 Å². The Labute approximate surface area is 165 Å². The number of unbranched alkanes of at least 4 members (excludes halogenated alkanes) is 6. The van der Waals surface area contributed by atoms with Gasteiger partial charge in [0, 0.05) is 26.3 Å². The number of ether oxygens (including phenoxy) is 2. The molecule has 27 heavy (non-hydrogen) atoms. The number of carbonyl (C=O) groups is 1. The zero-order valence-electron chi connectivity index (χ0n) is 17.5. The number of rotatable bonds is 19. The van der Waals surface area contributed by atoms with Crippen LogP contribution in [0, 0.1) is 0 Å². The number of hydrogen-bond donors (Lipinski definition) is 3. The highest BCUT2D eigenvalue weighted by atomic mass is 16.6. The summed E-state index contributed by atoms with van der Waals surface area (Å²) in [7, 11) is 3.99. The third-order valence-corrected chi connectivity index (χ3v) is 4.34. The van der Waals surface area contributed by atoms with Crippen LogP contribution in [0.3, 0.4) is 0 Å². The Bertz CT molecular complexity index is 315. The van der Waals surface area contributed by atoms with Crippen LogP contribution >= 0.6 is 0 Å². The smallest absolute Gasteiger partial charge is 0.407 e. The van der Waals surface area contributed by atoms with Gasteiger partial charge in [-0.2, -0.15) is 0 Å². The molecule has 7 nitrogen and oxygen atoms in total. The number of aliphatic hydroxyl groups is 2. The van der Waals surface area contributed by atoms with E-state index < -0.39 is 0 Å². The predicted molar refractivity (Wildman–Crippen MR) is 108 cm³/mol. The second kappa shape index (κ2) is 19.9. The molecular formula is C20H42N2O5. The van der Waals surface area contributed by atoms with E-state index in [1.165, 1.54) is 0 Å². The summed E-state index contributed by atoms with van der Waals surface area (Å²) in [6.07, 6.45) is 9.07. The van der Waals surface area contributed by atoms with E-state index in [1.807, 2.05) is 19.0 Å². The lowest BCUT2D eigenvalue weighted by atomic mass is 10.0. The molecule has 1 amide bonds. The monoisotopic (exact) mass is 390 g/mol. The molecule has 0 radical (unpaired) electrons. The van der Waals surface area contributed by atoms with Gasteiger partial charge in [-0.15, -0.1) is 0 Å². The fraction of sp³-hybridized carbons (Fsp3) is 0.950. The summed E-state index contributed by atoms with van der Waals surface area (Å²) in [5, 5.41) is 20.4. The Morgan fingerprint density at radius 1 is 0.889 bits per heavy atom. The van der Waals surface area contributed by atoms with Crippen molar-refractivity contribution in [1.82, 2.24) is 10.2 Å². The number of nitrogens with zero attached hydrogens (tertiary/aromatic N) is 1. The van der Waals surface area contributed by atoms with Gasteiger partial charge in [-0.25, -0.2) is 4.79 Å². The Balaban J connectivity index is 3.97. The molecule has 162 valence electrons. The van der Waals surface area contributed by atoms with Crippen molar-refractivity contribution in [3.63, 3.8) is 0 Å². The summed E-state index contributed by atoms with van der Waals surface area (Å²) in [4.78, 5) is 14.1. The molecule has 0 aromatic heterocycles. The first-order chi connectivity index (χ1) is 13.1. The van der Waals surface area contributed by atoms with Crippen molar-refractivity contribution < 1.29 is 24.5 Å². The van der Waals surface area contributed by atoms with Gasteiger partial charge < -0.3 is 29.9 Å². The SMILES string of the molecule is CN(C)CCOCCNC(=O)OC(CCCCCCO)CCCCCCO. The van der Waals surface area contributed by atoms with Gasteiger partial charge in [0.1, 0.15) is 6.10 Å². The molecule has 7 heteroatoms.